The second-order valence-electron chi connectivity index (χ2n) is 4.62. The minimum atomic E-state index is 0.0953. The van der Waals surface area contributed by atoms with Gasteiger partial charge in [-0.3, -0.25) is 0 Å². The molecule has 1 fully saturated rings. The normalized spacial score (nSPS) is 16.8. The Morgan fingerprint density at radius 1 is 1.33 bits per heavy atom. The average molecular weight is 271 g/mol. The number of hydrogen-bond acceptors (Lipinski definition) is 5. The Morgan fingerprint density at radius 3 is 2.67 bits per heavy atom. The molecule has 1 heterocycles. The maximum atomic E-state index is 9.22. The van der Waals surface area contributed by atoms with Gasteiger partial charge in [0.15, 0.2) is 0 Å². The minimum Gasteiger partial charge on any atom is -0.395 e. The van der Waals surface area contributed by atoms with Crippen molar-refractivity contribution in [1.29, 1.82) is 0 Å². The number of aromatic nitrogens is 2. The number of halogens is 1. The third kappa shape index (κ3) is 3.23. The molecule has 0 atom stereocenters. The molecule has 1 aliphatic rings. The van der Waals surface area contributed by atoms with Crippen LogP contribution in [0.5, 0.6) is 0 Å². The number of aliphatic hydroxyl groups excluding tert-OH is 1. The van der Waals surface area contributed by atoms with Gasteiger partial charge in [0, 0.05) is 18.7 Å². The zero-order valence-electron chi connectivity index (χ0n) is 10.3. The minimum absolute atomic E-state index is 0.0953. The Bertz CT molecular complexity index is 375. The Hall–Kier alpha value is -1.07. The molecule has 0 spiro atoms. The van der Waals surface area contributed by atoms with Crippen LogP contribution in [0.25, 0.3) is 0 Å². The molecule has 1 aromatic heterocycles. The molecule has 3 N–H and O–H groups in total. The molecule has 0 amide bonds. The quantitative estimate of drug-likeness (QED) is 0.817. The summed E-state index contributed by atoms with van der Waals surface area (Å²) in [6.45, 7) is 0.648. The van der Waals surface area contributed by atoms with Gasteiger partial charge in [0.05, 0.1) is 6.61 Å². The van der Waals surface area contributed by atoms with Crippen LogP contribution >= 0.6 is 11.6 Å². The number of rotatable bonds is 4. The summed E-state index contributed by atoms with van der Waals surface area (Å²) in [5.74, 6) is 0.893. The molecule has 1 saturated carbocycles. The molecule has 18 heavy (non-hydrogen) atoms. The van der Waals surface area contributed by atoms with Gasteiger partial charge in [-0.1, -0.05) is 30.9 Å². The van der Waals surface area contributed by atoms with Gasteiger partial charge in [-0.2, -0.15) is 4.98 Å². The van der Waals surface area contributed by atoms with Crippen molar-refractivity contribution in [2.75, 3.05) is 23.8 Å². The summed E-state index contributed by atoms with van der Waals surface area (Å²) in [4.78, 5) is 10.2. The van der Waals surface area contributed by atoms with E-state index in [0.717, 1.165) is 12.8 Å². The van der Waals surface area contributed by atoms with E-state index in [1.807, 2.05) is 0 Å². The van der Waals surface area contributed by atoms with Gasteiger partial charge in [0.2, 0.25) is 5.95 Å². The van der Waals surface area contributed by atoms with E-state index < -0.39 is 0 Å². The summed E-state index contributed by atoms with van der Waals surface area (Å²) in [7, 11) is 0. The molecular formula is C12H19ClN4O. The van der Waals surface area contributed by atoms with Gasteiger partial charge in [-0.15, -0.1) is 0 Å². The van der Waals surface area contributed by atoms with Crippen molar-refractivity contribution in [3.8, 4) is 0 Å². The zero-order chi connectivity index (χ0) is 13.0. The lowest BCUT2D eigenvalue weighted by Crippen LogP contribution is -2.39. The van der Waals surface area contributed by atoms with Crippen LogP contribution in [0, 0.1) is 0 Å². The van der Waals surface area contributed by atoms with E-state index >= 15 is 0 Å². The fourth-order valence-electron chi connectivity index (χ4n) is 2.55. The van der Waals surface area contributed by atoms with Crippen molar-refractivity contribution < 1.29 is 5.11 Å². The third-order valence-electron chi connectivity index (χ3n) is 3.35. The summed E-state index contributed by atoms with van der Waals surface area (Å²) in [6, 6.07) is 2.12. The largest absolute Gasteiger partial charge is 0.395 e. The van der Waals surface area contributed by atoms with Crippen LogP contribution in [0.15, 0.2) is 6.07 Å². The average Bonchev–Trinajstić information content (AvgIpc) is 2.36. The lowest BCUT2D eigenvalue weighted by atomic mass is 9.94. The first-order chi connectivity index (χ1) is 8.70. The fraction of sp³-hybridized carbons (Fsp3) is 0.667. The maximum absolute atomic E-state index is 9.22. The standard InChI is InChI=1S/C12H19ClN4O/c13-10-8-11(16-12(14)15-10)17(6-7-18)9-4-2-1-3-5-9/h8-9,18H,1-7H2,(H2,14,15,16). The van der Waals surface area contributed by atoms with Gasteiger partial charge in [-0.25, -0.2) is 4.98 Å². The van der Waals surface area contributed by atoms with Crippen LogP contribution in [-0.2, 0) is 0 Å². The van der Waals surface area contributed by atoms with Crippen LogP contribution in [0.1, 0.15) is 32.1 Å². The molecule has 1 aliphatic carbocycles. The van der Waals surface area contributed by atoms with Crippen LogP contribution < -0.4 is 10.6 Å². The summed E-state index contributed by atoms with van der Waals surface area (Å²) in [6.07, 6.45) is 5.99. The van der Waals surface area contributed by atoms with Crippen LogP contribution in [0.4, 0.5) is 11.8 Å². The van der Waals surface area contributed by atoms with E-state index in [4.69, 9.17) is 17.3 Å². The lowest BCUT2D eigenvalue weighted by molar-refractivity contribution is 0.289. The predicted molar refractivity (Wildman–Crippen MR) is 72.8 cm³/mol. The topological polar surface area (TPSA) is 75.3 Å². The SMILES string of the molecule is Nc1nc(Cl)cc(N(CCO)C2CCCCC2)n1. The highest BCUT2D eigenvalue weighted by Gasteiger charge is 2.22. The molecule has 0 unspecified atom stereocenters. The van der Waals surface area contributed by atoms with Crippen molar-refractivity contribution in [2.45, 2.75) is 38.1 Å². The maximum Gasteiger partial charge on any atom is 0.223 e. The zero-order valence-corrected chi connectivity index (χ0v) is 11.1. The molecule has 0 aromatic carbocycles. The van der Waals surface area contributed by atoms with Crippen LogP contribution in [-0.4, -0.2) is 34.3 Å². The lowest BCUT2D eigenvalue weighted by Gasteiger charge is -2.34. The number of anilines is 2. The molecule has 1 aromatic rings. The highest BCUT2D eigenvalue weighted by atomic mass is 35.5. The van der Waals surface area contributed by atoms with E-state index in [1.165, 1.54) is 19.3 Å². The molecule has 0 radical (unpaired) electrons. The second-order valence-corrected chi connectivity index (χ2v) is 5.00. The molecule has 0 bridgehead atoms. The van der Waals surface area contributed by atoms with Crippen molar-refractivity contribution >= 4 is 23.4 Å². The Balaban J connectivity index is 2.22. The summed E-state index contributed by atoms with van der Waals surface area (Å²) in [5, 5.41) is 9.56. The van der Waals surface area contributed by atoms with Crippen molar-refractivity contribution in [2.24, 2.45) is 0 Å². The molecule has 0 saturated heterocycles. The highest BCUT2D eigenvalue weighted by molar-refractivity contribution is 6.29. The highest BCUT2D eigenvalue weighted by Crippen LogP contribution is 2.27. The number of nitrogens with zero attached hydrogens (tertiary/aromatic N) is 3. The third-order valence-corrected chi connectivity index (χ3v) is 3.54. The Morgan fingerprint density at radius 2 is 2.06 bits per heavy atom. The number of aliphatic hydroxyl groups is 1. The predicted octanol–water partition coefficient (Wildman–Crippen LogP) is 1.84. The van der Waals surface area contributed by atoms with Crippen molar-refractivity contribution in [3.05, 3.63) is 11.2 Å². The Labute approximate surface area is 112 Å². The molecule has 2 rings (SSSR count). The molecular weight excluding hydrogens is 252 g/mol. The summed E-state index contributed by atoms with van der Waals surface area (Å²) in [5.41, 5.74) is 5.63. The van der Waals surface area contributed by atoms with Gasteiger partial charge in [0.25, 0.3) is 0 Å². The van der Waals surface area contributed by atoms with E-state index in [2.05, 4.69) is 14.9 Å². The monoisotopic (exact) mass is 270 g/mol. The van der Waals surface area contributed by atoms with Gasteiger partial charge in [0.1, 0.15) is 11.0 Å². The molecule has 5 nitrogen and oxygen atoms in total. The fourth-order valence-corrected chi connectivity index (χ4v) is 2.74. The first-order valence-electron chi connectivity index (χ1n) is 6.38. The van der Waals surface area contributed by atoms with Crippen LogP contribution in [0.3, 0.4) is 0 Å². The van der Waals surface area contributed by atoms with Gasteiger partial charge in [-0.05, 0) is 12.8 Å². The first kappa shape index (κ1) is 13.4. The Kier molecular flexibility index (Phi) is 4.60. The van der Waals surface area contributed by atoms with E-state index in [1.54, 1.807) is 6.07 Å². The van der Waals surface area contributed by atoms with Gasteiger partial charge < -0.3 is 15.7 Å². The van der Waals surface area contributed by atoms with E-state index in [-0.39, 0.29) is 12.6 Å². The summed E-state index contributed by atoms with van der Waals surface area (Å²) < 4.78 is 0. The first-order valence-corrected chi connectivity index (χ1v) is 6.76. The molecule has 0 aliphatic heterocycles. The second kappa shape index (κ2) is 6.20. The number of hydrogen-bond donors (Lipinski definition) is 2. The number of nitrogen functional groups attached to an aromatic ring is 1. The van der Waals surface area contributed by atoms with Crippen LogP contribution in [0.2, 0.25) is 5.15 Å². The molecule has 100 valence electrons. The smallest absolute Gasteiger partial charge is 0.223 e. The van der Waals surface area contributed by atoms with Crippen molar-refractivity contribution in [1.82, 2.24) is 9.97 Å². The van der Waals surface area contributed by atoms with E-state index in [9.17, 15) is 5.11 Å². The van der Waals surface area contributed by atoms with Crippen molar-refractivity contribution in [3.63, 3.8) is 0 Å². The number of nitrogens with two attached hydrogens (primary N) is 1. The van der Waals surface area contributed by atoms with Gasteiger partial charge >= 0.3 is 0 Å². The molecule has 6 heteroatoms. The summed E-state index contributed by atoms with van der Waals surface area (Å²) >= 11 is 5.91. The van der Waals surface area contributed by atoms with E-state index in [0.29, 0.717) is 23.6 Å².